The second kappa shape index (κ2) is 16.6. The lowest BCUT2D eigenvalue weighted by Gasteiger charge is -2.32. The Morgan fingerprint density at radius 1 is 0.968 bits per heavy atom. The fourth-order valence-electron chi connectivity index (χ4n) is 9.05. The van der Waals surface area contributed by atoms with Crippen molar-refractivity contribution in [2.24, 2.45) is 13.0 Å². The lowest BCUT2D eigenvalue weighted by Crippen LogP contribution is -2.50. The van der Waals surface area contributed by atoms with E-state index in [-0.39, 0.29) is 41.5 Å². The molecular weight excluding hydrogens is 847 g/mol. The number of benzene rings is 1. The zero-order chi connectivity index (χ0) is 44.3. The van der Waals surface area contributed by atoms with Gasteiger partial charge in [0.2, 0.25) is 11.8 Å². The van der Waals surface area contributed by atoms with Crippen LogP contribution in [-0.2, 0) is 18.3 Å². The molecule has 5 aromatic heterocycles. The molecule has 2 fully saturated rings. The number of aromatic nitrogens is 6. The highest BCUT2D eigenvalue weighted by atomic mass is 35.5. The first kappa shape index (κ1) is 41.8. The summed E-state index contributed by atoms with van der Waals surface area (Å²) in [5.74, 6) is 0.685. The van der Waals surface area contributed by atoms with E-state index < -0.39 is 23.5 Å². The van der Waals surface area contributed by atoms with Gasteiger partial charge >= 0.3 is 6.03 Å². The van der Waals surface area contributed by atoms with Crippen molar-refractivity contribution in [1.82, 2.24) is 38.7 Å². The molecule has 9 rings (SSSR count). The lowest BCUT2D eigenvalue weighted by molar-refractivity contribution is -0.120. The summed E-state index contributed by atoms with van der Waals surface area (Å²) in [6, 6.07) is 12.8. The summed E-state index contributed by atoms with van der Waals surface area (Å²) in [5, 5.41) is 3.18. The van der Waals surface area contributed by atoms with Gasteiger partial charge in [-0.3, -0.25) is 38.7 Å². The van der Waals surface area contributed by atoms with Gasteiger partial charge in [0.15, 0.2) is 5.69 Å². The molecule has 5 amide bonds. The minimum Gasteiger partial charge on any atom is -0.480 e. The number of ether oxygens (including phenoxy) is 1. The Morgan fingerprint density at radius 3 is 2.44 bits per heavy atom. The van der Waals surface area contributed by atoms with Crippen molar-refractivity contribution < 1.29 is 23.9 Å². The molecule has 0 aliphatic carbocycles. The zero-order valence-corrected chi connectivity index (χ0v) is 36.6. The van der Waals surface area contributed by atoms with E-state index in [9.17, 15) is 24.0 Å². The first-order chi connectivity index (χ1) is 30.3. The summed E-state index contributed by atoms with van der Waals surface area (Å²) < 4.78 is 10.9. The van der Waals surface area contributed by atoms with Gasteiger partial charge in [-0.15, -0.1) is 0 Å². The number of hydrogen-bond donors (Lipinski definition) is 1. The van der Waals surface area contributed by atoms with E-state index in [0.717, 1.165) is 36.9 Å². The summed E-state index contributed by atoms with van der Waals surface area (Å²) in [4.78, 5) is 85.6. The van der Waals surface area contributed by atoms with E-state index in [2.05, 4.69) is 15.3 Å². The van der Waals surface area contributed by atoms with Crippen molar-refractivity contribution >= 4 is 64.1 Å². The minimum atomic E-state index is -0.773. The average Bonchev–Trinajstić information content (AvgIpc) is 3.96. The topological polar surface area (TPSA) is 169 Å². The van der Waals surface area contributed by atoms with E-state index >= 15 is 0 Å². The Bertz CT molecular complexity index is 2880. The molecule has 3 aliphatic rings. The molecule has 0 radical (unpaired) electrons. The van der Waals surface area contributed by atoms with Gasteiger partial charge in [-0.05, 0) is 86.9 Å². The van der Waals surface area contributed by atoms with E-state index in [0.29, 0.717) is 69.6 Å². The van der Waals surface area contributed by atoms with Crippen molar-refractivity contribution in [3.63, 3.8) is 0 Å². The van der Waals surface area contributed by atoms with Crippen LogP contribution in [0, 0.1) is 5.92 Å². The standard InChI is InChI=1S/C45H44Cl2N10O6/c1-25(2)56-38-36(44(61)57(33-21-31(47)24-52(3)43(33)60)37(38)27-9-11-30(46)12-10-27)51-40(56)32-20-29(22-49-41(32)63-4)42(59)53-17-13-26(14-18-53)7-8-28-6-5-16-54-35(23-48-39(28)54)55-19-15-34(58)50-45(55)62/h5-6,9-12,16,20-26,37H,7-8,13-15,17-19H2,1-4H3,(H,50,58,62)/t37-/m0/s1. The Labute approximate surface area is 372 Å². The number of methoxy groups -OCH3 is 1. The number of nitrogens with zero attached hydrogens (tertiary/aromatic N) is 9. The maximum atomic E-state index is 14.6. The Balaban J connectivity index is 0.959. The normalized spacial score (nSPS) is 17.0. The second-order valence-corrected chi connectivity index (χ2v) is 17.2. The van der Waals surface area contributed by atoms with Crippen LogP contribution in [0.3, 0.4) is 0 Å². The summed E-state index contributed by atoms with van der Waals surface area (Å²) in [7, 11) is 3.07. The van der Waals surface area contributed by atoms with Crippen LogP contribution in [0.2, 0.25) is 10.0 Å². The van der Waals surface area contributed by atoms with Gasteiger partial charge in [-0.1, -0.05) is 41.4 Å². The molecule has 3 aliphatic heterocycles. The second-order valence-electron chi connectivity index (χ2n) is 16.4. The van der Waals surface area contributed by atoms with Crippen LogP contribution < -0.4 is 25.4 Å². The fourth-order valence-corrected chi connectivity index (χ4v) is 9.43. The van der Waals surface area contributed by atoms with Gasteiger partial charge in [-0.2, -0.15) is 0 Å². The molecule has 1 atom stereocenters. The Kier molecular flexibility index (Phi) is 11.0. The average molecular weight is 892 g/mol. The molecular formula is C45H44Cl2N10O6. The van der Waals surface area contributed by atoms with E-state index in [1.807, 2.05) is 58.2 Å². The smallest absolute Gasteiger partial charge is 0.329 e. The molecule has 8 heterocycles. The molecule has 0 saturated carbocycles. The molecule has 6 aromatic rings. The third-order valence-corrected chi connectivity index (χ3v) is 12.6. The SMILES string of the molecule is COc1ncc(C(=O)N2CCC(CCc3cccn4c(N5CCC(=O)NC5=O)cnc34)CC2)cc1-c1nc2c(n1C(C)C)[C@H](c1ccc(Cl)cc1)N(c1cc(Cl)cn(C)c1=O)C2=O. The number of imide groups is 1. The van der Waals surface area contributed by atoms with Crippen LogP contribution in [0.25, 0.3) is 17.0 Å². The number of imidazole rings is 2. The van der Waals surface area contributed by atoms with Crippen LogP contribution >= 0.6 is 23.2 Å². The number of likely N-dealkylation sites (tertiary alicyclic amines) is 1. The van der Waals surface area contributed by atoms with Crippen LogP contribution in [0.15, 0.2) is 78.1 Å². The number of amides is 5. The quantitative estimate of drug-likeness (QED) is 0.154. The molecule has 63 heavy (non-hydrogen) atoms. The molecule has 18 heteroatoms. The van der Waals surface area contributed by atoms with Crippen molar-refractivity contribution in [2.75, 3.05) is 36.5 Å². The predicted octanol–water partition coefficient (Wildman–Crippen LogP) is 6.87. The van der Waals surface area contributed by atoms with E-state index in [1.165, 1.54) is 39.9 Å². The van der Waals surface area contributed by atoms with Crippen LogP contribution in [0.1, 0.15) is 89.3 Å². The zero-order valence-electron chi connectivity index (χ0n) is 35.0. The number of fused-ring (bicyclic) bond motifs is 2. The van der Waals surface area contributed by atoms with E-state index in [4.69, 9.17) is 32.9 Å². The molecule has 16 nitrogen and oxygen atoms in total. The highest BCUT2D eigenvalue weighted by Gasteiger charge is 2.46. The largest absolute Gasteiger partial charge is 0.480 e. The first-order valence-corrected chi connectivity index (χ1v) is 21.6. The number of piperidine rings is 1. The minimum absolute atomic E-state index is 0.106. The Hall–Kier alpha value is -6.52. The van der Waals surface area contributed by atoms with Crippen LogP contribution in [-0.4, -0.2) is 83.9 Å². The molecule has 0 bridgehead atoms. The number of urea groups is 1. The van der Waals surface area contributed by atoms with Crippen molar-refractivity contribution in [3.8, 4) is 17.3 Å². The maximum Gasteiger partial charge on any atom is 0.329 e. The van der Waals surface area contributed by atoms with Crippen molar-refractivity contribution in [3.05, 3.63) is 122 Å². The van der Waals surface area contributed by atoms with Gasteiger partial charge in [0.1, 0.15) is 29.0 Å². The number of nitrogens with one attached hydrogen (secondary N) is 1. The number of rotatable bonds is 10. The Morgan fingerprint density at radius 2 is 1.73 bits per heavy atom. The van der Waals surface area contributed by atoms with E-state index in [1.54, 1.807) is 31.4 Å². The molecule has 2 saturated heterocycles. The number of hydrogen-bond acceptors (Lipinski definition) is 9. The number of aryl methyl sites for hydroxylation is 2. The predicted molar refractivity (Wildman–Crippen MR) is 237 cm³/mol. The van der Waals surface area contributed by atoms with Gasteiger partial charge in [-0.25, -0.2) is 19.7 Å². The molecule has 324 valence electrons. The number of halogens is 2. The summed E-state index contributed by atoms with van der Waals surface area (Å²) in [6.07, 6.45) is 10.1. The highest BCUT2D eigenvalue weighted by molar-refractivity contribution is 6.31. The van der Waals surface area contributed by atoms with Crippen LogP contribution in [0.4, 0.5) is 16.3 Å². The summed E-state index contributed by atoms with van der Waals surface area (Å²) in [5.41, 5.74) is 3.75. The first-order valence-electron chi connectivity index (χ1n) is 20.8. The van der Waals surface area contributed by atoms with Gasteiger partial charge in [0.25, 0.3) is 17.4 Å². The monoisotopic (exact) mass is 890 g/mol. The number of carbonyl (C=O) groups excluding carboxylic acids is 4. The number of carbonyl (C=O) groups is 4. The van der Waals surface area contributed by atoms with Crippen molar-refractivity contribution in [1.29, 1.82) is 0 Å². The van der Waals surface area contributed by atoms with Gasteiger partial charge in [0.05, 0.1) is 35.2 Å². The molecule has 1 N–H and O–H groups in total. The third kappa shape index (κ3) is 7.50. The maximum absolute atomic E-state index is 14.6. The summed E-state index contributed by atoms with van der Waals surface area (Å²) in [6.45, 7) is 5.37. The third-order valence-electron chi connectivity index (χ3n) is 12.2. The van der Waals surface area contributed by atoms with Crippen LogP contribution in [0.5, 0.6) is 5.88 Å². The van der Waals surface area contributed by atoms with Gasteiger partial charge in [0, 0.05) is 62.8 Å². The highest BCUT2D eigenvalue weighted by Crippen LogP contribution is 2.45. The molecule has 0 unspecified atom stereocenters. The van der Waals surface area contributed by atoms with Gasteiger partial charge < -0.3 is 18.8 Å². The lowest BCUT2D eigenvalue weighted by atomic mass is 9.90. The number of anilines is 2. The molecule has 1 aromatic carbocycles. The summed E-state index contributed by atoms with van der Waals surface area (Å²) >= 11 is 12.8. The van der Waals surface area contributed by atoms with Crippen molar-refractivity contribution in [2.45, 2.75) is 58.0 Å². The number of pyridine rings is 3. The fraction of sp³-hybridized carbons (Fsp3) is 0.333. The molecule has 0 spiro atoms.